The van der Waals surface area contributed by atoms with Crippen LogP contribution in [0.3, 0.4) is 0 Å². The summed E-state index contributed by atoms with van der Waals surface area (Å²) >= 11 is 0. The molecule has 1 amide bonds. The minimum absolute atomic E-state index is 0.100. The van der Waals surface area contributed by atoms with Crippen molar-refractivity contribution in [2.45, 2.75) is 31.7 Å². The lowest BCUT2D eigenvalue weighted by atomic mass is 9.91. The third kappa shape index (κ3) is 3.18. The molecule has 1 N–H and O–H groups in total. The first-order valence-electron chi connectivity index (χ1n) is 8.54. The monoisotopic (exact) mass is 319 g/mol. The molecule has 1 saturated carbocycles. The first kappa shape index (κ1) is 14.9. The zero-order chi connectivity index (χ0) is 16.4. The second-order valence-corrected chi connectivity index (χ2v) is 6.51. The zero-order valence-corrected chi connectivity index (χ0v) is 13.6. The van der Waals surface area contributed by atoms with Crippen molar-refractivity contribution in [1.82, 2.24) is 14.7 Å². The molecule has 1 atom stereocenters. The van der Waals surface area contributed by atoms with E-state index in [2.05, 4.69) is 34.6 Å². The number of pyridine rings is 1. The highest BCUT2D eigenvalue weighted by Gasteiger charge is 2.33. The highest BCUT2D eigenvalue weighted by molar-refractivity contribution is 5.77. The quantitative estimate of drug-likeness (QED) is 0.755. The average molecular weight is 319 g/mol. The summed E-state index contributed by atoms with van der Waals surface area (Å²) in [7, 11) is 0. The Kier molecular flexibility index (Phi) is 4.03. The van der Waals surface area contributed by atoms with Crippen LogP contribution in [0.25, 0.3) is 5.52 Å². The van der Waals surface area contributed by atoms with Gasteiger partial charge in [0.05, 0.1) is 18.3 Å². The zero-order valence-electron chi connectivity index (χ0n) is 13.6. The van der Waals surface area contributed by atoms with E-state index in [0.717, 1.165) is 11.3 Å². The highest BCUT2D eigenvalue weighted by Crippen LogP contribution is 2.44. The Morgan fingerprint density at radius 1 is 1.17 bits per heavy atom. The lowest BCUT2D eigenvalue weighted by Gasteiger charge is -2.16. The SMILES string of the molecule is O=C(CC(c1ccccc1)C1CC1)NCc1ncc2ccccn12. The Hall–Kier alpha value is -2.62. The predicted molar refractivity (Wildman–Crippen MR) is 93.6 cm³/mol. The minimum Gasteiger partial charge on any atom is -0.349 e. The van der Waals surface area contributed by atoms with Gasteiger partial charge in [0.1, 0.15) is 5.82 Å². The van der Waals surface area contributed by atoms with Crippen LogP contribution in [-0.4, -0.2) is 15.3 Å². The maximum Gasteiger partial charge on any atom is 0.220 e. The van der Waals surface area contributed by atoms with Gasteiger partial charge in [-0.15, -0.1) is 0 Å². The van der Waals surface area contributed by atoms with Crippen LogP contribution < -0.4 is 5.32 Å². The number of imidazole rings is 1. The average Bonchev–Trinajstić information content (AvgIpc) is 3.38. The second-order valence-electron chi connectivity index (χ2n) is 6.51. The lowest BCUT2D eigenvalue weighted by Crippen LogP contribution is -2.26. The summed E-state index contributed by atoms with van der Waals surface area (Å²) in [4.78, 5) is 16.8. The molecule has 4 heteroatoms. The molecular weight excluding hydrogens is 298 g/mol. The fourth-order valence-electron chi connectivity index (χ4n) is 3.34. The first-order valence-corrected chi connectivity index (χ1v) is 8.54. The maximum atomic E-state index is 12.4. The van der Waals surface area contributed by atoms with E-state index in [0.29, 0.717) is 24.8 Å². The van der Waals surface area contributed by atoms with Crippen molar-refractivity contribution in [1.29, 1.82) is 0 Å². The number of amides is 1. The van der Waals surface area contributed by atoms with E-state index in [1.165, 1.54) is 18.4 Å². The Morgan fingerprint density at radius 3 is 2.75 bits per heavy atom. The molecule has 3 aromatic rings. The van der Waals surface area contributed by atoms with E-state index in [1.54, 1.807) is 0 Å². The van der Waals surface area contributed by atoms with E-state index in [4.69, 9.17) is 0 Å². The molecule has 4 rings (SSSR count). The van der Waals surface area contributed by atoms with E-state index in [9.17, 15) is 4.79 Å². The molecule has 1 aliphatic carbocycles. The van der Waals surface area contributed by atoms with Gasteiger partial charge in [0.2, 0.25) is 5.91 Å². The Labute approximate surface area is 141 Å². The van der Waals surface area contributed by atoms with E-state index >= 15 is 0 Å². The van der Waals surface area contributed by atoms with Crippen LogP contribution in [0, 0.1) is 5.92 Å². The summed E-state index contributed by atoms with van der Waals surface area (Å²) in [6.45, 7) is 0.461. The van der Waals surface area contributed by atoms with Gasteiger partial charge in [0, 0.05) is 12.6 Å². The van der Waals surface area contributed by atoms with Crippen molar-refractivity contribution in [2.24, 2.45) is 5.92 Å². The van der Waals surface area contributed by atoms with Crippen LogP contribution in [0.4, 0.5) is 0 Å². The summed E-state index contributed by atoms with van der Waals surface area (Å²) in [5, 5.41) is 3.04. The molecule has 1 aromatic carbocycles. The standard InChI is InChI=1S/C20H21N3O/c24-20(12-18(16-9-10-16)15-6-2-1-3-7-15)22-14-19-21-13-17-8-4-5-11-23(17)19/h1-8,11,13,16,18H,9-10,12,14H2,(H,22,24). The van der Waals surface area contributed by atoms with Gasteiger partial charge in [-0.1, -0.05) is 36.4 Å². The molecule has 0 aliphatic heterocycles. The summed E-state index contributed by atoms with van der Waals surface area (Å²) in [5.74, 6) is 1.96. The van der Waals surface area contributed by atoms with Gasteiger partial charge in [0.15, 0.2) is 0 Å². The van der Waals surface area contributed by atoms with Gasteiger partial charge in [-0.25, -0.2) is 4.98 Å². The summed E-state index contributed by atoms with van der Waals surface area (Å²) in [6, 6.07) is 16.4. The molecule has 0 bridgehead atoms. The number of nitrogens with one attached hydrogen (secondary N) is 1. The number of aromatic nitrogens is 2. The maximum absolute atomic E-state index is 12.4. The van der Waals surface area contributed by atoms with Gasteiger partial charge >= 0.3 is 0 Å². The number of carbonyl (C=O) groups excluding carboxylic acids is 1. The summed E-state index contributed by atoms with van der Waals surface area (Å²) in [6.07, 6.45) is 6.83. The van der Waals surface area contributed by atoms with E-state index in [-0.39, 0.29) is 5.91 Å². The van der Waals surface area contributed by atoms with Crippen LogP contribution in [0.5, 0.6) is 0 Å². The fourth-order valence-corrected chi connectivity index (χ4v) is 3.34. The molecule has 0 saturated heterocycles. The predicted octanol–water partition coefficient (Wildman–Crippen LogP) is 3.53. The van der Waals surface area contributed by atoms with Crippen LogP contribution in [0.1, 0.15) is 36.6 Å². The van der Waals surface area contributed by atoms with Gasteiger partial charge < -0.3 is 9.72 Å². The van der Waals surface area contributed by atoms with Gasteiger partial charge in [-0.3, -0.25) is 4.79 Å². The van der Waals surface area contributed by atoms with E-state index < -0.39 is 0 Å². The smallest absolute Gasteiger partial charge is 0.220 e. The Balaban J connectivity index is 1.41. The highest BCUT2D eigenvalue weighted by atomic mass is 16.1. The van der Waals surface area contributed by atoms with Crippen molar-refractivity contribution in [3.05, 3.63) is 72.3 Å². The molecule has 2 aromatic heterocycles. The van der Waals surface area contributed by atoms with Crippen molar-refractivity contribution in [3.8, 4) is 0 Å². The summed E-state index contributed by atoms with van der Waals surface area (Å²) in [5.41, 5.74) is 2.32. The molecule has 1 unspecified atom stereocenters. The molecule has 2 heterocycles. The molecule has 24 heavy (non-hydrogen) atoms. The van der Waals surface area contributed by atoms with Crippen molar-refractivity contribution < 1.29 is 4.79 Å². The van der Waals surface area contributed by atoms with Gasteiger partial charge in [-0.2, -0.15) is 0 Å². The molecule has 1 aliphatic rings. The lowest BCUT2D eigenvalue weighted by molar-refractivity contribution is -0.121. The topological polar surface area (TPSA) is 46.4 Å². The normalized spacial score (nSPS) is 15.3. The molecule has 0 spiro atoms. The fraction of sp³-hybridized carbons (Fsp3) is 0.300. The third-order valence-corrected chi connectivity index (χ3v) is 4.78. The van der Waals surface area contributed by atoms with Gasteiger partial charge in [-0.05, 0) is 42.4 Å². The van der Waals surface area contributed by atoms with E-state index in [1.807, 2.05) is 41.1 Å². The summed E-state index contributed by atoms with van der Waals surface area (Å²) < 4.78 is 2.01. The third-order valence-electron chi connectivity index (χ3n) is 4.78. The number of hydrogen-bond donors (Lipinski definition) is 1. The van der Waals surface area contributed by atoms with Crippen molar-refractivity contribution in [3.63, 3.8) is 0 Å². The number of hydrogen-bond acceptors (Lipinski definition) is 2. The number of rotatable bonds is 6. The molecule has 1 fully saturated rings. The molecule has 0 radical (unpaired) electrons. The van der Waals surface area contributed by atoms with Crippen LogP contribution in [-0.2, 0) is 11.3 Å². The molecule has 122 valence electrons. The van der Waals surface area contributed by atoms with Crippen LogP contribution in [0.15, 0.2) is 60.9 Å². The number of fused-ring (bicyclic) bond motifs is 1. The van der Waals surface area contributed by atoms with Crippen molar-refractivity contribution >= 4 is 11.4 Å². The first-order chi connectivity index (χ1) is 11.8. The molecule has 4 nitrogen and oxygen atoms in total. The molecular formula is C20H21N3O. The Morgan fingerprint density at radius 2 is 1.96 bits per heavy atom. The second kappa shape index (κ2) is 6.48. The number of carbonyl (C=O) groups is 1. The number of benzene rings is 1. The Bertz CT molecular complexity index is 836. The minimum atomic E-state index is 0.100. The van der Waals surface area contributed by atoms with Crippen molar-refractivity contribution in [2.75, 3.05) is 0 Å². The number of nitrogens with zero attached hydrogens (tertiary/aromatic N) is 2. The van der Waals surface area contributed by atoms with Gasteiger partial charge in [0.25, 0.3) is 0 Å². The van der Waals surface area contributed by atoms with Crippen LogP contribution >= 0.6 is 0 Å². The van der Waals surface area contributed by atoms with Crippen LogP contribution in [0.2, 0.25) is 0 Å². The largest absolute Gasteiger partial charge is 0.349 e.